The summed E-state index contributed by atoms with van der Waals surface area (Å²) in [6.07, 6.45) is -5.60. The van der Waals surface area contributed by atoms with Gasteiger partial charge in [0.15, 0.2) is 0 Å². The fourth-order valence-electron chi connectivity index (χ4n) is 10.0. The number of aliphatic hydroxyl groups excluding tert-OH is 5. The first-order valence-electron chi connectivity index (χ1n) is 27.1. The SMILES string of the molecule is CCCCCOc1ccc(-c2ccc(-c3ccc(C(=O)N[C@H]4CNC(=O)CNC(=O)[C@@H]5[C@@H](O)[C@@H](C)CN5C(=O)[C@H](C(C)O)NC(=O)[C@H]([C@H](O)Cc5ccc(O)cc5)NC(=O)[C@@H]5C[C@@H](O)CN5C(=O)[C@H](C(C)O)NC4=O)cc3)cc2)cc1. The van der Waals surface area contributed by atoms with Crippen LogP contribution in [0.3, 0.4) is 0 Å². The van der Waals surface area contributed by atoms with Crippen molar-refractivity contribution in [3.8, 4) is 33.8 Å². The van der Waals surface area contributed by atoms with Gasteiger partial charge >= 0.3 is 0 Å². The Morgan fingerprint density at radius 2 is 1.21 bits per heavy atom. The van der Waals surface area contributed by atoms with Crippen LogP contribution in [0.2, 0.25) is 0 Å². The monoisotopic (exact) mass is 1120 g/mol. The van der Waals surface area contributed by atoms with E-state index in [-0.39, 0.29) is 24.3 Å². The predicted molar refractivity (Wildman–Crippen MR) is 293 cm³/mol. The van der Waals surface area contributed by atoms with Crippen LogP contribution in [0, 0.1) is 5.92 Å². The molecule has 0 saturated carbocycles. The summed E-state index contributed by atoms with van der Waals surface area (Å²) >= 11 is 0. The van der Waals surface area contributed by atoms with Crippen LogP contribution in [0.5, 0.6) is 11.5 Å². The lowest BCUT2D eigenvalue weighted by Crippen LogP contribution is -2.64. The van der Waals surface area contributed by atoms with Gasteiger partial charge in [-0.1, -0.05) is 87.4 Å². The lowest BCUT2D eigenvalue weighted by molar-refractivity contribution is -0.147. The van der Waals surface area contributed by atoms with Gasteiger partial charge in [0.2, 0.25) is 41.4 Å². The zero-order chi connectivity index (χ0) is 58.7. The van der Waals surface area contributed by atoms with Crippen molar-refractivity contribution in [2.24, 2.45) is 5.92 Å². The smallest absolute Gasteiger partial charge is 0.251 e. The van der Waals surface area contributed by atoms with E-state index in [1.165, 1.54) is 43.3 Å². The van der Waals surface area contributed by atoms with Crippen molar-refractivity contribution in [3.05, 3.63) is 108 Å². The molecule has 3 heterocycles. The first kappa shape index (κ1) is 60.7. The Morgan fingerprint density at radius 3 is 1.79 bits per heavy atom. The highest BCUT2D eigenvalue weighted by molar-refractivity contribution is 6.01. The summed E-state index contributed by atoms with van der Waals surface area (Å²) in [5, 5.41) is 80.1. The summed E-state index contributed by atoms with van der Waals surface area (Å²) in [5.74, 6) is -8.34. The number of hydrogen-bond acceptors (Lipinski definition) is 15. The maximum atomic E-state index is 14.4. The number of nitrogens with zero attached hydrogens (tertiary/aromatic N) is 2. The maximum absolute atomic E-state index is 14.4. The third-order valence-electron chi connectivity index (χ3n) is 14.7. The van der Waals surface area contributed by atoms with E-state index in [1.54, 1.807) is 12.1 Å². The number of carbonyl (C=O) groups excluding carboxylic acids is 8. The van der Waals surface area contributed by atoms with Crippen molar-refractivity contribution < 1.29 is 73.7 Å². The van der Waals surface area contributed by atoms with Gasteiger partial charge in [-0.25, -0.2) is 0 Å². The number of hydrogen-bond donors (Lipinski definition) is 12. The second-order valence-corrected chi connectivity index (χ2v) is 21.0. The predicted octanol–water partition coefficient (Wildman–Crippen LogP) is -0.371. The van der Waals surface area contributed by atoms with Crippen molar-refractivity contribution in [1.82, 2.24) is 41.7 Å². The summed E-state index contributed by atoms with van der Waals surface area (Å²) in [4.78, 5) is 115. The molecular formula is C58H72N8O15. The molecule has 4 aromatic rings. The zero-order valence-electron chi connectivity index (χ0n) is 45.5. The van der Waals surface area contributed by atoms with E-state index in [2.05, 4.69) is 38.8 Å². The second-order valence-electron chi connectivity index (χ2n) is 21.0. The lowest BCUT2D eigenvalue weighted by Gasteiger charge is -2.33. The first-order chi connectivity index (χ1) is 38.6. The molecule has 23 heteroatoms. The van der Waals surface area contributed by atoms with Crippen molar-refractivity contribution in [2.75, 3.05) is 32.8 Å². The quantitative estimate of drug-likeness (QED) is 0.0717. The third kappa shape index (κ3) is 15.3. The molecule has 12 atom stereocenters. The van der Waals surface area contributed by atoms with E-state index < -0.39 is 146 Å². The van der Waals surface area contributed by atoms with E-state index >= 15 is 0 Å². The van der Waals surface area contributed by atoms with Crippen molar-refractivity contribution in [3.63, 3.8) is 0 Å². The largest absolute Gasteiger partial charge is 0.508 e. The molecule has 81 heavy (non-hydrogen) atoms. The molecule has 23 nitrogen and oxygen atoms in total. The molecule has 7 rings (SSSR count). The number of benzene rings is 4. The average Bonchev–Trinajstić information content (AvgIpc) is 4.18. The molecule has 0 radical (unpaired) electrons. The molecule has 0 aliphatic carbocycles. The van der Waals surface area contributed by atoms with Crippen LogP contribution in [0.1, 0.15) is 69.3 Å². The number of nitrogens with one attached hydrogen (secondary N) is 6. The van der Waals surface area contributed by atoms with Crippen molar-refractivity contribution in [2.45, 2.75) is 127 Å². The molecule has 3 aliphatic heterocycles. The molecule has 0 spiro atoms. The van der Waals surface area contributed by atoms with Gasteiger partial charge in [-0.05, 0) is 84.5 Å². The zero-order valence-corrected chi connectivity index (χ0v) is 45.5. The minimum atomic E-state index is -1.96. The van der Waals surface area contributed by atoms with Gasteiger partial charge in [0.05, 0.1) is 43.7 Å². The first-order valence-corrected chi connectivity index (χ1v) is 27.1. The van der Waals surface area contributed by atoms with Crippen LogP contribution >= 0.6 is 0 Å². The van der Waals surface area contributed by atoms with E-state index in [9.17, 15) is 69.0 Å². The normalized spacial score (nSPS) is 25.5. The standard InChI is InChI=1S/C58H72N8O15/c1-5-6-7-24-81-42-22-18-38(19-23-42)36-12-10-35(11-13-36)37-14-16-39(17-15-37)52(74)61-43-27-59-46(72)28-60-56(78)50-51(73)31(2)29-66(50)58(80)48(33(4)68)63-55(77)49(45(71)25-34-8-20-40(69)21-9-34)64-54(76)44-26-41(70)30-65(44)57(79)47(32(3)67)62-53(43)75/h8-23,31-33,41,43-45,47-51,67-71,73H,5-7,24-30H2,1-4H3,(H,59,72)(H,60,78)(H,61,74)(H,62,75)(H,63,77)(H,64,76)/t31-,32?,33?,41+,43-,44-,45+,47-,48-,49-,50-,51-/m0/s1. The van der Waals surface area contributed by atoms with E-state index in [4.69, 9.17) is 4.74 Å². The number of aliphatic hydroxyl groups is 5. The number of carbonyl (C=O) groups is 8. The molecule has 3 saturated heterocycles. The minimum Gasteiger partial charge on any atom is -0.508 e. The number of amides is 8. The maximum Gasteiger partial charge on any atom is 0.251 e. The lowest BCUT2D eigenvalue weighted by atomic mass is 9.99. The highest BCUT2D eigenvalue weighted by Gasteiger charge is 2.49. The van der Waals surface area contributed by atoms with E-state index in [0.717, 1.165) is 70.9 Å². The topological polar surface area (TPSA) is 346 Å². The summed E-state index contributed by atoms with van der Waals surface area (Å²) in [7, 11) is 0. The number of fused-ring (bicyclic) bond motifs is 2. The Labute approximate surface area is 468 Å². The summed E-state index contributed by atoms with van der Waals surface area (Å²) < 4.78 is 5.85. The van der Waals surface area contributed by atoms with Crippen LogP contribution in [0.15, 0.2) is 97.1 Å². The summed E-state index contributed by atoms with van der Waals surface area (Å²) in [5.41, 5.74) is 4.02. The molecule has 3 fully saturated rings. The second kappa shape index (κ2) is 27.5. The Kier molecular flexibility index (Phi) is 20.6. The molecule has 434 valence electrons. The molecule has 8 amide bonds. The number of unbranched alkanes of at least 4 members (excludes halogenated alkanes) is 2. The van der Waals surface area contributed by atoms with Gasteiger partial charge in [0.25, 0.3) is 5.91 Å². The number of phenols is 1. The van der Waals surface area contributed by atoms with Crippen LogP contribution < -0.4 is 36.6 Å². The Bertz CT molecular complexity index is 2870. The van der Waals surface area contributed by atoms with E-state index in [1.807, 2.05) is 48.5 Å². The fourth-order valence-corrected chi connectivity index (χ4v) is 10.0. The van der Waals surface area contributed by atoms with Crippen LogP contribution in [0.25, 0.3) is 22.3 Å². The van der Waals surface area contributed by atoms with Gasteiger partial charge in [-0.3, -0.25) is 38.4 Å². The average molecular weight is 1120 g/mol. The van der Waals surface area contributed by atoms with Crippen LogP contribution in [0.4, 0.5) is 0 Å². The van der Waals surface area contributed by atoms with E-state index in [0.29, 0.717) is 12.2 Å². The molecule has 12 N–H and O–H groups in total. The van der Waals surface area contributed by atoms with Gasteiger partial charge in [0, 0.05) is 44.0 Å². The highest BCUT2D eigenvalue weighted by Crippen LogP contribution is 2.29. The van der Waals surface area contributed by atoms with Gasteiger partial charge < -0.3 is 77.1 Å². The Morgan fingerprint density at radius 1 is 0.667 bits per heavy atom. The molecule has 4 aromatic carbocycles. The van der Waals surface area contributed by atoms with Gasteiger partial charge in [-0.15, -0.1) is 0 Å². The molecule has 2 unspecified atom stereocenters. The Balaban J connectivity index is 1.14. The Hall–Kier alpha value is -7.96. The third-order valence-corrected chi connectivity index (χ3v) is 14.7. The molecule has 0 bridgehead atoms. The number of rotatable bonds is 14. The summed E-state index contributed by atoms with van der Waals surface area (Å²) in [6, 6.07) is 16.9. The molecular weight excluding hydrogens is 1050 g/mol. The number of ether oxygens (including phenoxy) is 1. The fraction of sp³-hybridized carbons (Fsp3) is 0.448. The highest BCUT2D eigenvalue weighted by atomic mass is 16.5. The van der Waals surface area contributed by atoms with Crippen LogP contribution in [-0.4, -0.2) is 187 Å². The summed E-state index contributed by atoms with van der Waals surface area (Å²) in [6.45, 7) is 4.44. The molecule has 0 aromatic heterocycles. The van der Waals surface area contributed by atoms with Gasteiger partial charge in [0.1, 0.15) is 47.8 Å². The van der Waals surface area contributed by atoms with Crippen molar-refractivity contribution >= 4 is 47.3 Å². The number of aromatic hydroxyl groups is 1. The van der Waals surface area contributed by atoms with Gasteiger partial charge in [-0.2, -0.15) is 0 Å². The number of phenolic OH excluding ortho intramolecular Hbond substituents is 1. The minimum absolute atomic E-state index is 0.0847. The van der Waals surface area contributed by atoms with Crippen LogP contribution in [-0.2, 0) is 40.0 Å². The molecule has 3 aliphatic rings. The van der Waals surface area contributed by atoms with Crippen molar-refractivity contribution in [1.29, 1.82) is 0 Å².